The number of rotatable bonds is 6. The van der Waals surface area contributed by atoms with Crippen LogP contribution in [0.1, 0.15) is 5.56 Å². The van der Waals surface area contributed by atoms with Crippen molar-refractivity contribution in [1.29, 1.82) is 0 Å². The molecular formula is C20H27N3O2. The Hall–Kier alpha value is -2.40. The number of nitrogens with zero attached hydrogens (tertiary/aromatic N) is 2. The number of piperazine rings is 1. The van der Waals surface area contributed by atoms with Gasteiger partial charge in [-0.05, 0) is 36.2 Å². The molecule has 0 radical (unpaired) electrons. The molecule has 134 valence electrons. The highest BCUT2D eigenvalue weighted by Crippen LogP contribution is 2.28. The Balaban J connectivity index is 1.52. The normalized spacial score (nSPS) is 15.2. The summed E-state index contributed by atoms with van der Waals surface area (Å²) in [5, 5.41) is 0. The van der Waals surface area contributed by atoms with E-state index in [-0.39, 0.29) is 0 Å². The van der Waals surface area contributed by atoms with E-state index in [4.69, 9.17) is 15.2 Å². The summed E-state index contributed by atoms with van der Waals surface area (Å²) in [6.07, 6.45) is 1.01. The molecule has 0 bridgehead atoms. The van der Waals surface area contributed by atoms with Crippen LogP contribution in [0, 0.1) is 0 Å². The molecule has 2 N–H and O–H groups in total. The van der Waals surface area contributed by atoms with Gasteiger partial charge >= 0.3 is 0 Å². The van der Waals surface area contributed by atoms with Gasteiger partial charge in [-0.1, -0.05) is 18.2 Å². The molecule has 0 unspecified atom stereocenters. The molecule has 3 rings (SSSR count). The first-order valence-electron chi connectivity index (χ1n) is 8.74. The van der Waals surface area contributed by atoms with Crippen LogP contribution in [0.2, 0.25) is 0 Å². The summed E-state index contributed by atoms with van der Waals surface area (Å²) in [6, 6.07) is 14.3. The number of nitrogens with two attached hydrogens (primary N) is 1. The Bertz CT molecular complexity index is 697. The molecular weight excluding hydrogens is 314 g/mol. The molecule has 1 aliphatic heterocycles. The average molecular weight is 341 g/mol. The van der Waals surface area contributed by atoms with Crippen LogP contribution >= 0.6 is 0 Å². The number of hydrogen-bond donors (Lipinski definition) is 1. The Morgan fingerprint density at radius 3 is 2.32 bits per heavy atom. The van der Waals surface area contributed by atoms with Gasteiger partial charge in [0.05, 0.1) is 25.6 Å². The molecule has 0 spiro atoms. The monoisotopic (exact) mass is 341 g/mol. The number of ether oxygens (including phenoxy) is 2. The molecule has 0 atom stereocenters. The highest BCUT2D eigenvalue weighted by Gasteiger charge is 2.18. The fraction of sp³-hybridized carbons (Fsp3) is 0.400. The Kier molecular flexibility index (Phi) is 5.66. The minimum atomic E-state index is 0.778. The van der Waals surface area contributed by atoms with E-state index in [0.717, 1.165) is 62.0 Å². The van der Waals surface area contributed by atoms with Crippen LogP contribution in [0.3, 0.4) is 0 Å². The summed E-state index contributed by atoms with van der Waals surface area (Å²) in [7, 11) is 3.34. The molecule has 2 aromatic carbocycles. The van der Waals surface area contributed by atoms with E-state index < -0.39 is 0 Å². The molecule has 5 nitrogen and oxygen atoms in total. The van der Waals surface area contributed by atoms with Gasteiger partial charge in [0.2, 0.25) is 0 Å². The number of methoxy groups -OCH3 is 2. The average Bonchev–Trinajstić information content (AvgIpc) is 2.67. The molecule has 2 aromatic rings. The van der Waals surface area contributed by atoms with Crippen molar-refractivity contribution < 1.29 is 9.47 Å². The third-order valence-corrected chi connectivity index (χ3v) is 4.81. The second kappa shape index (κ2) is 8.12. The van der Waals surface area contributed by atoms with Gasteiger partial charge < -0.3 is 20.1 Å². The van der Waals surface area contributed by atoms with Gasteiger partial charge in [-0.25, -0.2) is 0 Å². The number of nitrogen functional groups attached to an aromatic ring is 1. The van der Waals surface area contributed by atoms with Crippen LogP contribution in [0.4, 0.5) is 11.4 Å². The smallest absolute Gasteiger partial charge is 0.160 e. The molecule has 0 aliphatic carbocycles. The van der Waals surface area contributed by atoms with Crippen molar-refractivity contribution in [2.45, 2.75) is 6.42 Å². The van der Waals surface area contributed by atoms with Crippen molar-refractivity contribution in [3.63, 3.8) is 0 Å². The van der Waals surface area contributed by atoms with Crippen LogP contribution in [0.15, 0.2) is 42.5 Å². The lowest BCUT2D eigenvalue weighted by atomic mass is 10.1. The SMILES string of the molecule is COc1ccc(CCN2CCN(c3ccccc3N)CC2)cc1OC. The first-order chi connectivity index (χ1) is 12.2. The van der Waals surface area contributed by atoms with Gasteiger partial charge in [0, 0.05) is 32.7 Å². The van der Waals surface area contributed by atoms with Crippen molar-refractivity contribution in [3.8, 4) is 11.5 Å². The maximum absolute atomic E-state index is 6.09. The van der Waals surface area contributed by atoms with Gasteiger partial charge in [0.25, 0.3) is 0 Å². The molecule has 0 aromatic heterocycles. The predicted octanol–water partition coefficient (Wildman–Crippen LogP) is 2.65. The zero-order valence-electron chi connectivity index (χ0n) is 15.1. The van der Waals surface area contributed by atoms with Gasteiger partial charge in [-0.3, -0.25) is 4.90 Å². The van der Waals surface area contributed by atoms with E-state index in [9.17, 15) is 0 Å². The molecule has 1 saturated heterocycles. The fourth-order valence-corrected chi connectivity index (χ4v) is 3.31. The van der Waals surface area contributed by atoms with Crippen molar-refractivity contribution >= 4 is 11.4 Å². The molecule has 1 fully saturated rings. The van der Waals surface area contributed by atoms with Crippen LogP contribution < -0.4 is 20.1 Å². The third-order valence-electron chi connectivity index (χ3n) is 4.81. The van der Waals surface area contributed by atoms with Crippen molar-refractivity contribution in [2.75, 3.05) is 57.6 Å². The summed E-state index contributed by atoms with van der Waals surface area (Å²) in [5.41, 5.74) is 9.38. The highest BCUT2D eigenvalue weighted by molar-refractivity contribution is 5.67. The van der Waals surface area contributed by atoms with Gasteiger partial charge in [-0.2, -0.15) is 0 Å². The second-order valence-electron chi connectivity index (χ2n) is 6.33. The van der Waals surface area contributed by atoms with Crippen LogP contribution in [-0.4, -0.2) is 51.8 Å². The van der Waals surface area contributed by atoms with Crippen molar-refractivity contribution in [3.05, 3.63) is 48.0 Å². The van der Waals surface area contributed by atoms with E-state index >= 15 is 0 Å². The maximum Gasteiger partial charge on any atom is 0.160 e. The molecule has 1 heterocycles. The van der Waals surface area contributed by atoms with E-state index in [2.05, 4.69) is 34.1 Å². The van der Waals surface area contributed by atoms with Crippen LogP contribution in [0.5, 0.6) is 11.5 Å². The first-order valence-corrected chi connectivity index (χ1v) is 8.74. The minimum absolute atomic E-state index is 0.778. The lowest BCUT2D eigenvalue weighted by molar-refractivity contribution is 0.261. The lowest BCUT2D eigenvalue weighted by Gasteiger charge is -2.36. The second-order valence-corrected chi connectivity index (χ2v) is 6.33. The van der Waals surface area contributed by atoms with Crippen molar-refractivity contribution in [2.24, 2.45) is 0 Å². The predicted molar refractivity (Wildman–Crippen MR) is 103 cm³/mol. The standard InChI is InChI=1S/C20H27N3O2/c1-24-19-8-7-16(15-20(19)25-2)9-10-22-11-13-23(14-12-22)18-6-4-3-5-17(18)21/h3-8,15H,9-14,21H2,1-2H3. The molecule has 25 heavy (non-hydrogen) atoms. The number of anilines is 2. The molecule has 0 saturated carbocycles. The Morgan fingerprint density at radius 1 is 0.920 bits per heavy atom. The van der Waals surface area contributed by atoms with E-state index in [1.807, 2.05) is 18.2 Å². The molecule has 5 heteroatoms. The van der Waals surface area contributed by atoms with E-state index in [1.54, 1.807) is 14.2 Å². The third kappa shape index (κ3) is 4.17. The zero-order chi connectivity index (χ0) is 17.6. The number of hydrogen-bond acceptors (Lipinski definition) is 5. The number of benzene rings is 2. The summed E-state index contributed by atoms with van der Waals surface area (Å²) < 4.78 is 10.7. The van der Waals surface area contributed by atoms with Gasteiger partial charge in [-0.15, -0.1) is 0 Å². The Morgan fingerprint density at radius 2 is 1.64 bits per heavy atom. The summed E-state index contributed by atoms with van der Waals surface area (Å²) >= 11 is 0. The maximum atomic E-state index is 6.09. The quantitative estimate of drug-likeness (QED) is 0.819. The van der Waals surface area contributed by atoms with Crippen LogP contribution in [-0.2, 0) is 6.42 Å². The summed E-state index contributed by atoms with van der Waals surface area (Å²) in [4.78, 5) is 4.88. The summed E-state index contributed by atoms with van der Waals surface area (Å²) in [6.45, 7) is 5.19. The van der Waals surface area contributed by atoms with E-state index in [1.165, 1.54) is 5.56 Å². The molecule has 1 aliphatic rings. The highest BCUT2D eigenvalue weighted by atomic mass is 16.5. The van der Waals surface area contributed by atoms with Gasteiger partial charge in [0.1, 0.15) is 0 Å². The van der Waals surface area contributed by atoms with E-state index in [0.29, 0.717) is 0 Å². The lowest BCUT2D eigenvalue weighted by Crippen LogP contribution is -2.47. The minimum Gasteiger partial charge on any atom is -0.493 e. The fourth-order valence-electron chi connectivity index (χ4n) is 3.31. The Labute approximate surface area is 149 Å². The largest absolute Gasteiger partial charge is 0.493 e. The topological polar surface area (TPSA) is 51.0 Å². The number of para-hydroxylation sites is 2. The van der Waals surface area contributed by atoms with Crippen molar-refractivity contribution in [1.82, 2.24) is 4.90 Å². The zero-order valence-corrected chi connectivity index (χ0v) is 15.1. The first kappa shape index (κ1) is 17.4. The van der Waals surface area contributed by atoms with Gasteiger partial charge in [0.15, 0.2) is 11.5 Å². The summed E-state index contributed by atoms with van der Waals surface area (Å²) in [5.74, 6) is 1.57. The van der Waals surface area contributed by atoms with Crippen LogP contribution in [0.25, 0.3) is 0 Å². The molecule has 0 amide bonds.